The highest BCUT2D eigenvalue weighted by Crippen LogP contribution is 2.29. The Balaban J connectivity index is 2.03. The Bertz CT molecular complexity index is 663. The molecule has 6 heteroatoms. The maximum Gasteiger partial charge on any atom is 0.347 e. The van der Waals surface area contributed by atoms with E-state index < -0.39 is 5.97 Å². The number of thiazole rings is 1. The summed E-state index contributed by atoms with van der Waals surface area (Å²) in [5, 5.41) is 9.97. The van der Waals surface area contributed by atoms with Crippen LogP contribution < -0.4 is 4.74 Å². The van der Waals surface area contributed by atoms with Crippen LogP contribution in [0.5, 0.6) is 5.75 Å². The number of hydrogen-bond acceptors (Lipinski definition) is 5. The number of ether oxygens (including phenoxy) is 1. The molecule has 2 rings (SSSR count). The minimum Gasteiger partial charge on any atom is -0.492 e. The molecular weight excluding hydrogens is 324 g/mol. The standard InChI is InChI=1S/C18H24N2O3S/c1-4-15-16(18(21)22)24-17(19-15)13-7-9-14(10-8-13)23-12-11-20(5-2)6-3/h7-10H,4-6,11-12H2,1-3H3,(H,21,22). The predicted molar refractivity (Wildman–Crippen MR) is 97.2 cm³/mol. The van der Waals surface area contributed by atoms with Crippen molar-refractivity contribution in [1.82, 2.24) is 9.88 Å². The lowest BCUT2D eigenvalue weighted by atomic mass is 10.2. The van der Waals surface area contributed by atoms with Crippen molar-refractivity contribution in [3.05, 3.63) is 34.8 Å². The van der Waals surface area contributed by atoms with Crippen molar-refractivity contribution >= 4 is 17.3 Å². The van der Waals surface area contributed by atoms with E-state index in [9.17, 15) is 9.90 Å². The molecular formula is C18H24N2O3S. The second kappa shape index (κ2) is 8.80. The van der Waals surface area contributed by atoms with E-state index in [4.69, 9.17) is 4.74 Å². The zero-order valence-corrected chi connectivity index (χ0v) is 15.2. The van der Waals surface area contributed by atoms with Crippen molar-refractivity contribution in [2.24, 2.45) is 0 Å². The van der Waals surface area contributed by atoms with E-state index >= 15 is 0 Å². The number of carbonyl (C=O) groups is 1. The third-order valence-electron chi connectivity index (χ3n) is 3.90. The lowest BCUT2D eigenvalue weighted by molar-refractivity contribution is 0.0701. The predicted octanol–water partition coefficient (Wildman–Crippen LogP) is 3.79. The Morgan fingerprint density at radius 2 is 1.88 bits per heavy atom. The number of likely N-dealkylation sites (N-methyl/N-ethyl adjacent to an activating group) is 1. The zero-order chi connectivity index (χ0) is 17.5. The van der Waals surface area contributed by atoms with Gasteiger partial charge in [0.25, 0.3) is 0 Å². The Morgan fingerprint density at radius 3 is 2.38 bits per heavy atom. The number of aryl methyl sites for hydroxylation is 1. The molecule has 0 aliphatic carbocycles. The van der Waals surface area contributed by atoms with E-state index in [1.54, 1.807) is 0 Å². The van der Waals surface area contributed by atoms with E-state index in [0.29, 0.717) is 23.6 Å². The van der Waals surface area contributed by atoms with Gasteiger partial charge < -0.3 is 14.7 Å². The van der Waals surface area contributed by atoms with Gasteiger partial charge in [-0.2, -0.15) is 0 Å². The molecule has 0 amide bonds. The van der Waals surface area contributed by atoms with Gasteiger partial charge in [0.05, 0.1) is 5.69 Å². The fourth-order valence-electron chi connectivity index (χ4n) is 2.41. The molecule has 0 aliphatic heterocycles. The molecule has 1 N–H and O–H groups in total. The largest absolute Gasteiger partial charge is 0.492 e. The average molecular weight is 348 g/mol. The van der Waals surface area contributed by atoms with Gasteiger partial charge in [0.15, 0.2) is 0 Å². The molecule has 0 bridgehead atoms. The summed E-state index contributed by atoms with van der Waals surface area (Å²) in [6.45, 7) is 9.80. The molecule has 24 heavy (non-hydrogen) atoms. The molecule has 0 unspecified atom stereocenters. The van der Waals surface area contributed by atoms with Gasteiger partial charge in [-0.3, -0.25) is 0 Å². The van der Waals surface area contributed by atoms with Crippen molar-refractivity contribution in [2.45, 2.75) is 27.2 Å². The van der Waals surface area contributed by atoms with Crippen LogP contribution in [-0.4, -0.2) is 47.2 Å². The van der Waals surface area contributed by atoms with Gasteiger partial charge in [0, 0.05) is 12.1 Å². The number of aromatic carboxylic acids is 1. The first-order chi connectivity index (χ1) is 11.6. The molecule has 2 aromatic rings. The number of aromatic nitrogens is 1. The second-order valence-electron chi connectivity index (χ2n) is 5.35. The van der Waals surface area contributed by atoms with Crippen LogP contribution in [0.25, 0.3) is 10.6 Å². The zero-order valence-electron chi connectivity index (χ0n) is 14.4. The normalized spacial score (nSPS) is 11.0. The highest BCUT2D eigenvalue weighted by Gasteiger charge is 2.16. The summed E-state index contributed by atoms with van der Waals surface area (Å²) in [5.41, 5.74) is 1.56. The average Bonchev–Trinajstić information content (AvgIpc) is 3.04. The van der Waals surface area contributed by atoms with Gasteiger partial charge in [-0.1, -0.05) is 20.8 Å². The summed E-state index contributed by atoms with van der Waals surface area (Å²) >= 11 is 1.22. The molecule has 0 aliphatic rings. The quantitative estimate of drug-likeness (QED) is 0.747. The molecule has 0 saturated carbocycles. The van der Waals surface area contributed by atoms with Gasteiger partial charge in [-0.05, 0) is 43.8 Å². The Kier molecular flexibility index (Phi) is 6.75. The minimum absolute atomic E-state index is 0.326. The van der Waals surface area contributed by atoms with Gasteiger partial charge in [0.2, 0.25) is 0 Å². The summed E-state index contributed by atoms with van der Waals surface area (Å²) in [6, 6.07) is 7.67. The number of hydrogen-bond donors (Lipinski definition) is 1. The molecule has 1 heterocycles. The van der Waals surface area contributed by atoms with Crippen molar-refractivity contribution in [2.75, 3.05) is 26.2 Å². The van der Waals surface area contributed by atoms with Crippen LogP contribution in [-0.2, 0) is 6.42 Å². The third kappa shape index (κ3) is 4.55. The van der Waals surface area contributed by atoms with E-state index in [-0.39, 0.29) is 0 Å². The highest BCUT2D eigenvalue weighted by atomic mass is 32.1. The molecule has 0 spiro atoms. The molecule has 0 fully saturated rings. The van der Waals surface area contributed by atoms with Crippen LogP contribution >= 0.6 is 11.3 Å². The summed E-state index contributed by atoms with van der Waals surface area (Å²) in [5.74, 6) is -0.0939. The topological polar surface area (TPSA) is 62.7 Å². The van der Waals surface area contributed by atoms with Crippen LogP contribution in [0.2, 0.25) is 0 Å². The van der Waals surface area contributed by atoms with Crippen molar-refractivity contribution < 1.29 is 14.6 Å². The fourth-order valence-corrected chi connectivity index (χ4v) is 3.41. The summed E-state index contributed by atoms with van der Waals surface area (Å²) in [6.07, 6.45) is 0.616. The number of carboxylic acids is 1. The number of benzene rings is 1. The molecule has 130 valence electrons. The van der Waals surface area contributed by atoms with Crippen LogP contribution in [0, 0.1) is 0 Å². The summed E-state index contributed by atoms with van der Waals surface area (Å²) in [7, 11) is 0. The van der Waals surface area contributed by atoms with Crippen molar-refractivity contribution in [3.8, 4) is 16.3 Å². The molecule has 0 radical (unpaired) electrons. The first-order valence-corrected chi connectivity index (χ1v) is 9.09. The van der Waals surface area contributed by atoms with Crippen molar-refractivity contribution in [1.29, 1.82) is 0 Å². The molecule has 1 aromatic carbocycles. The highest BCUT2D eigenvalue weighted by molar-refractivity contribution is 7.17. The maximum atomic E-state index is 11.2. The molecule has 0 atom stereocenters. The SMILES string of the molecule is CCc1nc(-c2ccc(OCCN(CC)CC)cc2)sc1C(=O)O. The molecule has 0 saturated heterocycles. The number of nitrogens with zero attached hydrogens (tertiary/aromatic N) is 2. The third-order valence-corrected chi connectivity index (χ3v) is 5.03. The smallest absolute Gasteiger partial charge is 0.347 e. The monoisotopic (exact) mass is 348 g/mol. The van der Waals surface area contributed by atoms with Gasteiger partial charge in [0.1, 0.15) is 22.2 Å². The number of carboxylic acid groups (broad SMARTS) is 1. The Hall–Kier alpha value is -1.92. The fraction of sp³-hybridized carbons (Fsp3) is 0.444. The van der Waals surface area contributed by atoms with Gasteiger partial charge >= 0.3 is 5.97 Å². The van der Waals surface area contributed by atoms with E-state index in [2.05, 4.69) is 23.7 Å². The van der Waals surface area contributed by atoms with Crippen LogP contribution in [0.1, 0.15) is 36.1 Å². The van der Waals surface area contributed by atoms with Crippen molar-refractivity contribution in [3.63, 3.8) is 0 Å². The first kappa shape index (κ1) is 18.4. The molecule has 1 aromatic heterocycles. The lowest BCUT2D eigenvalue weighted by Crippen LogP contribution is -2.27. The summed E-state index contributed by atoms with van der Waals surface area (Å²) < 4.78 is 5.77. The van der Waals surface area contributed by atoms with E-state index in [1.165, 1.54) is 11.3 Å². The van der Waals surface area contributed by atoms with Gasteiger partial charge in [-0.15, -0.1) is 11.3 Å². The lowest BCUT2D eigenvalue weighted by Gasteiger charge is -2.18. The van der Waals surface area contributed by atoms with Gasteiger partial charge in [-0.25, -0.2) is 9.78 Å². The Morgan fingerprint density at radius 1 is 1.21 bits per heavy atom. The van der Waals surface area contributed by atoms with Crippen LogP contribution in [0.15, 0.2) is 24.3 Å². The molecule has 5 nitrogen and oxygen atoms in total. The maximum absolute atomic E-state index is 11.2. The summed E-state index contributed by atoms with van der Waals surface area (Å²) in [4.78, 5) is 18.3. The van der Waals surface area contributed by atoms with E-state index in [0.717, 1.165) is 36.0 Å². The number of rotatable bonds is 9. The second-order valence-corrected chi connectivity index (χ2v) is 6.35. The van der Waals surface area contributed by atoms with E-state index in [1.807, 2.05) is 31.2 Å². The van der Waals surface area contributed by atoms with Crippen LogP contribution in [0.3, 0.4) is 0 Å². The Labute approximate surface area is 146 Å². The van der Waals surface area contributed by atoms with Crippen LogP contribution in [0.4, 0.5) is 0 Å². The minimum atomic E-state index is -0.910. The first-order valence-electron chi connectivity index (χ1n) is 8.27.